The Hall–Kier alpha value is -0.850. The lowest BCUT2D eigenvalue weighted by molar-refractivity contribution is 0.510. The highest BCUT2D eigenvalue weighted by atomic mass is 19.1. The topological polar surface area (TPSA) is 0 Å². The summed E-state index contributed by atoms with van der Waals surface area (Å²) in [7, 11) is 0. The van der Waals surface area contributed by atoms with E-state index in [1.165, 1.54) is 0 Å². The molecule has 0 aromatic heterocycles. The van der Waals surface area contributed by atoms with Crippen LogP contribution < -0.4 is 0 Å². The first kappa shape index (κ1) is 15.2. The average molecular weight is 224 g/mol. The molecule has 0 fully saturated rings. The molecule has 16 heavy (non-hydrogen) atoms. The van der Waals surface area contributed by atoms with Gasteiger partial charge in [-0.05, 0) is 49.8 Å². The zero-order valence-electron chi connectivity index (χ0n) is 11.1. The third-order valence-corrected chi connectivity index (χ3v) is 2.75. The van der Waals surface area contributed by atoms with Crippen molar-refractivity contribution >= 4 is 0 Å². The summed E-state index contributed by atoms with van der Waals surface area (Å²) in [6, 6.07) is 0. The largest absolute Gasteiger partial charge is 0.207 e. The summed E-state index contributed by atoms with van der Waals surface area (Å²) in [5.74, 6) is 0.338. The van der Waals surface area contributed by atoms with Gasteiger partial charge in [0.25, 0.3) is 0 Å². The molecule has 0 radical (unpaired) electrons. The summed E-state index contributed by atoms with van der Waals surface area (Å²) in [6.45, 7) is 11.7. The second-order valence-electron chi connectivity index (χ2n) is 4.47. The van der Waals surface area contributed by atoms with Gasteiger partial charge in [-0.25, -0.2) is 4.39 Å². The number of allylic oxidation sites excluding steroid dienone is 5. The quantitative estimate of drug-likeness (QED) is 0.495. The predicted molar refractivity (Wildman–Crippen MR) is 71.1 cm³/mol. The number of rotatable bonds is 7. The normalized spacial score (nSPS) is 11.8. The molecular weight excluding hydrogens is 199 g/mol. The van der Waals surface area contributed by atoms with E-state index in [9.17, 15) is 4.39 Å². The fourth-order valence-electron chi connectivity index (χ4n) is 1.81. The van der Waals surface area contributed by atoms with Gasteiger partial charge in [0, 0.05) is 0 Å². The van der Waals surface area contributed by atoms with Crippen LogP contribution in [0, 0.1) is 5.92 Å². The van der Waals surface area contributed by atoms with E-state index in [1.807, 2.05) is 0 Å². The Kier molecular flexibility index (Phi) is 7.88. The number of hydrogen-bond donors (Lipinski definition) is 0. The Bertz CT molecular complexity index is 261. The lowest BCUT2D eigenvalue weighted by atomic mass is 9.89. The van der Waals surface area contributed by atoms with Gasteiger partial charge in [-0.2, -0.15) is 0 Å². The maximum absolute atomic E-state index is 13.6. The van der Waals surface area contributed by atoms with E-state index in [4.69, 9.17) is 0 Å². The number of halogens is 1. The SMILES string of the molecule is C=C/C(=C\C(F)=C(C)C)C(CCC)CCC. The van der Waals surface area contributed by atoms with Gasteiger partial charge in [0.1, 0.15) is 5.83 Å². The molecule has 0 aromatic rings. The summed E-state index contributed by atoms with van der Waals surface area (Å²) in [5.41, 5.74) is 1.77. The van der Waals surface area contributed by atoms with E-state index in [-0.39, 0.29) is 5.83 Å². The highest BCUT2D eigenvalue weighted by Gasteiger charge is 2.10. The smallest absolute Gasteiger partial charge is 0.122 e. The zero-order chi connectivity index (χ0) is 12.6. The summed E-state index contributed by atoms with van der Waals surface area (Å²) in [6.07, 6.45) is 7.94. The summed E-state index contributed by atoms with van der Waals surface area (Å²) >= 11 is 0. The first-order valence-corrected chi connectivity index (χ1v) is 6.23. The Balaban J connectivity index is 4.92. The van der Waals surface area contributed by atoms with E-state index in [0.717, 1.165) is 36.8 Å². The molecule has 0 atom stereocenters. The van der Waals surface area contributed by atoms with E-state index in [0.29, 0.717) is 5.92 Å². The molecule has 0 aliphatic heterocycles. The Labute approximate surface area is 99.9 Å². The molecule has 0 spiro atoms. The van der Waals surface area contributed by atoms with Crippen molar-refractivity contribution in [3.8, 4) is 0 Å². The molecule has 0 aliphatic carbocycles. The number of hydrogen-bond acceptors (Lipinski definition) is 0. The molecule has 92 valence electrons. The van der Waals surface area contributed by atoms with Gasteiger partial charge in [-0.15, -0.1) is 0 Å². The van der Waals surface area contributed by atoms with Crippen molar-refractivity contribution in [1.82, 2.24) is 0 Å². The van der Waals surface area contributed by atoms with Crippen molar-refractivity contribution in [2.75, 3.05) is 0 Å². The van der Waals surface area contributed by atoms with E-state index < -0.39 is 0 Å². The second kappa shape index (κ2) is 8.32. The van der Waals surface area contributed by atoms with Gasteiger partial charge >= 0.3 is 0 Å². The molecule has 0 N–H and O–H groups in total. The van der Waals surface area contributed by atoms with E-state index in [1.54, 1.807) is 26.0 Å². The third-order valence-electron chi connectivity index (χ3n) is 2.75. The molecule has 0 bridgehead atoms. The minimum absolute atomic E-state index is 0.118. The van der Waals surface area contributed by atoms with Crippen molar-refractivity contribution in [3.63, 3.8) is 0 Å². The minimum Gasteiger partial charge on any atom is -0.207 e. The molecule has 0 rings (SSSR count). The average Bonchev–Trinajstić information content (AvgIpc) is 2.25. The monoisotopic (exact) mass is 224 g/mol. The van der Waals surface area contributed by atoms with Crippen LogP contribution in [0.4, 0.5) is 4.39 Å². The molecule has 0 aromatic carbocycles. The molecule has 0 unspecified atom stereocenters. The fraction of sp³-hybridized carbons (Fsp3) is 0.600. The molecule has 0 nitrogen and oxygen atoms in total. The van der Waals surface area contributed by atoms with Gasteiger partial charge in [0.05, 0.1) is 0 Å². The fourth-order valence-corrected chi connectivity index (χ4v) is 1.81. The van der Waals surface area contributed by atoms with Gasteiger partial charge in [0.15, 0.2) is 0 Å². The van der Waals surface area contributed by atoms with E-state index >= 15 is 0 Å². The minimum atomic E-state index is -0.118. The molecule has 0 aliphatic rings. The van der Waals surface area contributed by atoms with Crippen molar-refractivity contribution in [2.45, 2.75) is 53.4 Å². The van der Waals surface area contributed by atoms with Gasteiger partial charge in [-0.3, -0.25) is 0 Å². The Morgan fingerprint density at radius 1 is 1.19 bits per heavy atom. The lowest BCUT2D eigenvalue weighted by Gasteiger charge is -2.16. The standard InChI is InChI=1S/C15H25F/c1-6-9-14(10-7-2)13(8-3)11-15(16)12(4)5/h8,11,14H,3,6-7,9-10H2,1-2,4-5H3/b13-11+. The molecule has 0 saturated carbocycles. The van der Waals surface area contributed by atoms with Crippen molar-refractivity contribution < 1.29 is 4.39 Å². The van der Waals surface area contributed by atoms with Crippen molar-refractivity contribution in [1.29, 1.82) is 0 Å². The summed E-state index contributed by atoms with van der Waals surface area (Å²) in [4.78, 5) is 0. The van der Waals surface area contributed by atoms with E-state index in [2.05, 4.69) is 20.4 Å². The van der Waals surface area contributed by atoms with Crippen molar-refractivity contribution in [2.24, 2.45) is 5.92 Å². The van der Waals surface area contributed by atoms with Crippen LogP contribution in [0.15, 0.2) is 35.7 Å². The van der Waals surface area contributed by atoms with Gasteiger partial charge in [-0.1, -0.05) is 39.3 Å². The van der Waals surface area contributed by atoms with Crippen LogP contribution in [0.25, 0.3) is 0 Å². The molecule has 1 heteroatoms. The predicted octanol–water partition coefficient (Wildman–Crippen LogP) is 5.58. The Morgan fingerprint density at radius 3 is 2.00 bits per heavy atom. The summed E-state index contributed by atoms with van der Waals surface area (Å²) < 4.78 is 13.6. The van der Waals surface area contributed by atoms with Gasteiger partial charge in [0.2, 0.25) is 0 Å². The van der Waals surface area contributed by atoms with Crippen LogP contribution in [0.2, 0.25) is 0 Å². The third kappa shape index (κ3) is 5.29. The molecule has 0 saturated heterocycles. The van der Waals surface area contributed by atoms with Crippen LogP contribution >= 0.6 is 0 Å². The highest BCUT2D eigenvalue weighted by Crippen LogP contribution is 2.25. The van der Waals surface area contributed by atoms with Gasteiger partial charge < -0.3 is 0 Å². The molecular formula is C15H25F. The summed E-state index contributed by atoms with van der Waals surface area (Å²) in [5, 5.41) is 0. The highest BCUT2D eigenvalue weighted by molar-refractivity contribution is 5.29. The zero-order valence-corrected chi connectivity index (χ0v) is 11.1. The first-order valence-electron chi connectivity index (χ1n) is 6.23. The van der Waals surface area contributed by atoms with Crippen LogP contribution in [0.3, 0.4) is 0 Å². The second-order valence-corrected chi connectivity index (χ2v) is 4.47. The lowest BCUT2D eigenvalue weighted by Crippen LogP contribution is -2.02. The molecule has 0 amide bonds. The van der Waals surface area contributed by atoms with Crippen molar-refractivity contribution in [3.05, 3.63) is 35.7 Å². The Morgan fingerprint density at radius 2 is 1.69 bits per heavy atom. The van der Waals surface area contributed by atoms with Crippen LogP contribution in [-0.2, 0) is 0 Å². The molecule has 0 heterocycles. The van der Waals surface area contributed by atoms with Crippen LogP contribution in [0.1, 0.15) is 53.4 Å². The van der Waals surface area contributed by atoms with Crippen LogP contribution in [0.5, 0.6) is 0 Å². The van der Waals surface area contributed by atoms with Crippen LogP contribution in [-0.4, -0.2) is 0 Å². The maximum Gasteiger partial charge on any atom is 0.122 e. The first-order chi connectivity index (χ1) is 7.56. The maximum atomic E-state index is 13.6.